The molecule has 9 heteroatoms. The summed E-state index contributed by atoms with van der Waals surface area (Å²) in [6, 6.07) is 9.53. The number of imidazole rings is 1. The topological polar surface area (TPSA) is 117 Å². The lowest BCUT2D eigenvalue weighted by atomic mass is 10.1. The largest absolute Gasteiger partial charge is 0.382 e. The molecular formula is C21H18N8O. The Morgan fingerprint density at radius 3 is 2.67 bits per heavy atom. The van der Waals surface area contributed by atoms with Crippen molar-refractivity contribution in [3.8, 4) is 5.69 Å². The first-order valence-corrected chi connectivity index (χ1v) is 9.39. The van der Waals surface area contributed by atoms with Gasteiger partial charge in [0.2, 0.25) is 0 Å². The third-order valence-electron chi connectivity index (χ3n) is 5.15. The summed E-state index contributed by atoms with van der Waals surface area (Å²) in [5, 5.41) is 0.506. The van der Waals surface area contributed by atoms with E-state index in [1.165, 1.54) is 6.33 Å². The fraction of sp³-hybridized carbons (Fsp3) is 0.143. The number of nitrogens with zero attached hydrogens (tertiary/aromatic N) is 7. The number of nitrogen functional groups attached to an aromatic ring is 1. The van der Waals surface area contributed by atoms with Crippen LogP contribution in [0.1, 0.15) is 17.0 Å². The smallest absolute Gasteiger partial charge is 0.267 e. The number of aromatic nitrogens is 7. The van der Waals surface area contributed by atoms with Gasteiger partial charge >= 0.3 is 0 Å². The van der Waals surface area contributed by atoms with Gasteiger partial charge in [-0.3, -0.25) is 9.36 Å². The normalized spacial score (nSPS) is 11.4. The van der Waals surface area contributed by atoms with Crippen molar-refractivity contribution in [2.75, 3.05) is 5.73 Å². The van der Waals surface area contributed by atoms with Gasteiger partial charge in [0.15, 0.2) is 17.1 Å². The monoisotopic (exact) mass is 398 g/mol. The highest BCUT2D eigenvalue weighted by molar-refractivity contribution is 5.81. The molecule has 9 nitrogen and oxygen atoms in total. The average Bonchev–Trinajstić information content (AvgIpc) is 3.13. The number of anilines is 1. The Balaban J connectivity index is 1.80. The Kier molecular flexibility index (Phi) is 4.02. The van der Waals surface area contributed by atoms with Crippen LogP contribution in [-0.2, 0) is 6.54 Å². The molecule has 1 aromatic carbocycles. The molecular weight excluding hydrogens is 380 g/mol. The molecule has 5 rings (SSSR count). The summed E-state index contributed by atoms with van der Waals surface area (Å²) in [6.45, 7) is 4.12. The van der Waals surface area contributed by atoms with Gasteiger partial charge in [0.1, 0.15) is 17.7 Å². The van der Waals surface area contributed by atoms with Crippen LogP contribution < -0.4 is 11.3 Å². The summed E-state index contributed by atoms with van der Waals surface area (Å²) < 4.78 is 3.44. The van der Waals surface area contributed by atoms with Crippen molar-refractivity contribution >= 4 is 28.0 Å². The predicted octanol–water partition coefficient (Wildman–Crippen LogP) is 2.17. The molecule has 0 amide bonds. The number of aryl methyl sites for hydroxylation is 2. The number of para-hydroxylation sites is 1. The molecule has 4 aromatic heterocycles. The van der Waals surface area contributed by atoms with E-state index in [9.17, 15) is 4.79 Å². The summed E-state index contributed by atoms with van der Waals surface area (Å²) in [6.07, 6.45) is 4.67. The van der Waals surface area contributed by atoms with Crippen LogP contribution in [-0.4, -0.2) is 34.1 Å². The molecule has 4 heterocycles. The Bertz CT molecular complexity index is 1480. The Morgan fingerprint density at radius 1 is 1.00 bits per heavy atom. The maximum atomic E-state index is 13.6. The van der Waals surface area contributed by atoms with Crippen molar-refractivity contribution in [2.24, 2.45) is 0 Å². The van der Waals surface area contributed by atoms with Gasteiger partial charge in [-0.1, -0.05) is 18.2 Å². The van der Waals surface area contributed by atoms with Crippen LogP contribution in [0.15, 0.2) is 54.0 Å². The van der Waals surface area contributed by atoms with Crippen molar-refractivity contribution in [3.05, 3.63) is 76.5 Å². The fourth-order valence-electron chi connectivity index (χ4n) is 3.63. The zero-order valence-corrected chi connectivity index (χ0v) is 16.4. The van der Waals surface area contributed by atoms with E-state index in [1.807, 2.05) is 44.2 Å². The lowest BCUT2D eigenvalue weighted by Gasteiger charge is -2.16. The van der Waals surface area contributed by atoms with Crippen molar-refractivity contribution in [1.82, 2.24) is 34.1 Å². The van der Waals surface area contributed by atoms with Crippen molar-refractivity contribution in [2.45, 2.75) is 20.4 Å². The fourth-order valence-corrected chi connectivity index (χ4v) is 3.63. The summed E-state index contributed by atoms with van der Waals surface area (Å²) in [5.74, 6) is 0.829. The van der Waals surface area contributed by atoms with Crippen molar-refractivity contribution in [1.29, 1.82) is 0 Å². The number of pyridine rings is 1. The number of hydrogen-bond donors (Lipinski definition) is 1. The SMILES string of the molecule is Cc1ccccc1-n1c(Cn2cnc3c(N)ncnc32)nc2nccc(C)c2c1=O. The lowest BCUT2D eigenvalue weighted by Crippen LogP contribution is -2.26. The maximum absolute atomic E-state index is 13.6. The zero-order chi connectivity index (χ0) is 20.8. The number of hydrogen-bond acceptors (Lipinski definition) is 7. The van der Waals surface area contributed by atoms with Crippen LogP contribution >= 0.6 is 0 Å². The van der Waals surface area contributed by atoms with E-state index in [4.69, 9.17) is 10.7 Å². The molecule has 2 N–H and O–H groups in total. The predicted molar refractivity (Wildman–Crippen MR) is 113 cm³/mol. The van der Waals surface area contributed by atoms with Gasteiger partial charge < -0.3 is 10.3 Å². The molecule has 148 valence electrons. The highest BCUT2D eigenvalue weighted by Gasteiger charge is 2.18. The molecule has 0 fully saturated rings. The van der Waals surface area contributed by atoms with Crippen LogP contribution in [0.25, 0.3) is 27.9 Å². The van der Waals surface area contributed by atoms with E-state index in [-0.39, 0.29) is 12.1 Å². The number of nitrogens with two attached hydrogens (primary N) is 1. The molecule has 0 saturated carbocycles. The molecule has 0 bridgehead atoms. The minimum atomic E-state index is -0.159. The summed E-state index contributed by atoms with van der Waals surface area (Å²) in [4.78, 5) is 35.3. The highest BCUT2D eigenvalue weighted by atomic mass is 16.1. The minimum Gasteiger partial charge on any atom is -0.382 e. The number of rotatable bonds is 3. The van der Waals surface area contributed by atoms with Gasteiger partial charge in [0.05, 0.1) is 23.9 Å². The van der Waals surface area contributed by atoms with E-state index in [1.54, 1.807) is 21.7 Å². The molecule has 30 heavy (non-hydrogen) atoms. The van der Waals surface area contributed by atoms with E-state index in [2.05, 4.69) is 19.9 Å². The first-order chi connectivity index (χ1) is 14.5. The van der Waals surface area contributed by atoms with E-state index < -0.39 is 0 Å². The number of fused-ring (bicyclic) bond motifs is 2. The third-order valence-corrected chi connectivity index (χ3v) is 5.15. The van der Waals surface area contributed by atoms with Crippen molar-refractivity contribution < 1.29 is 0 Å². The van der Waals surface area contributed by atoms with Crippen LogP contribution in [0.4, 0.5) is 5.82 Å². The van der Waals surface area contributed by atoms with Gasteiger partial charge in [-0.2, -0.15) is 0 Å². The lowest BCUT2D eigenvalue weighted by molar-refractivity contribution is 0.715. The molecule has 0 aliphatic heterocycles. The molecule has 0 aliphatic rings. The second kappa shape index (κ2) is 6.73. The van der Waals surface area contributed by atoms with Gasteiger partial charge in [-0.05, 0) is 37.1 Å². The summed E-state index contributed by atoms with van der Waals surface area (Å²) >= 11 is 0. The number of benzene rings is 1. The average molecular weight is 398 g/mol. The summed E-state index contributed by atoms with van der Waals surface area (Å²) in [7, 11) is 0. The Hall–Kier alpha value is -4.14. The first-order valence-electron chi connectivity index (χ1n) is 9.39. The molecule has 0 aliphatic carbocycles. The molecule has 0 unspecified atom stereocenters. The quantitative estimate of drug-likeness (QED) is 0.495. The third kappa shape index (κ3) is 2.71. The van der Waals surface area contributed by atoms with Gasteiger partial charge in [-0.25, -0.2) is 24.9 Å². The van der Waals surface area contributed by atoms with E-state index in [0.29, 0.717) is 33.8 Å². The minimum absolute atomic E-state index is 0.159. The summed E-state index contributed by atoms with van der Waals surface area (Å²) in [5.41, 5.74) is 9.82. The standard InChI is InChI=1S/C21H18N8O/c1-12-5-3-4-6-14(12)29-15(27-19-16(21(29)30)13(2)7-8-23-19)9-28-11-26-17-18(22)24-10-25-20(17)28/h3-8,10-11H,9H2,1-2H3,(H2,22,24,25). The Morgan fingerprint density at radius 2 is 1.83 bits per heavy atom. The van der Waals surface area contributed by atoms with E-state index in [0.717, 1.165) is 16.8 Å². The molecule has 0 spiro atoms. The van der Waals surface area contributed by atoms with Crippen molar-refractivity contribution in [3.63, 3.8) is 0 Å². The molecule has 0 atom stereocenters. The van der Waals surface area contributed by atoms with Crippen LogP contribution in [0.5, 0.6) is 0 Å². The molecule has 0 saturated heterocycles. The van der Waals surface area contributed by atoms with Gasteiger partial charge in [0.25, 0.3) is 5.56 Å². The molecule has 5 aromatic rings. The molecule has 0 radical (unpaired) electrons. The second-order valence-electron chi connectivity index (χ2n) is 7.09. The van der Waals surface area contributed by atoms with Gasteiger partial charge in [0, 0.05) is 6.20 Å². The van der Waals surface area contributed by atoms with E-state index >= 15 is 0 Å². The van der Waals surface area contributed by atoms with Gasteiger partial charge in [-0.15, -0.1) is 0 Å². The first kappa shape index (κ1) is 17.9. The van der Waals surface area contributed by atoms with Crippen LogP contribution in [0.3, 0.4) is 0 Å². The van der Waals surface area contributed by atoms with Crippen LogP contribution in [0.2, 0.25) is 0 Å². The highest BCUT2D eigenvalue weighted by Crippen LogP contribution is 2.20. The van der Waals surface area contributed by atoms with Crippen LogP contribution in [0, 0.1) is 13.8 Å². The maximum Gasteiger partial charge on any atom is 0.267 e. The zero-order valence-electron chi connectivity index (χ0n) is 16.4. The second-order valence-corrected chi connectivity index (χ2v) is 7.09. The Labute approximate surface area is 170 Å².